The molecule has 0 spiro atoms. The van der Waals surface area contributed by atoms with E-state index in [0.29, 0.717) is 0 Å². The molecule has 2 nitrogen and oxygen atoms in total. The van der Waals surface area contributed by atoms with Gasteiger partial charge >= 0.3 is 0 Å². The van der Waals surface area contributed by atoms with Crippen LogP contribution in [0, 0.1) is 13.8 Å². The molecule has 0 aliphatic heterocycles. The molecular formula is C11H16BrNO. The van der Waals surface area contributed by atoms with Crippen molar-refractivity contribution in [3.8, 4) is 5.75 Å². The number of hydrogen-bond acceptors (Lipinski definition) is 2. The van der Waals surface area contributed by atoms with Crippen LogP contribution in [-0.2, 0) is 0 Å². The van der Waals surface area contributed by atoms with Gasteiger partial charge in [-0.05, 0) is 31.0 Å². The molecule has 3 heteroatoms. The first-order valence-electron chi connectivity index (χ1n) is 4.52. The van der Waals surface area contributed by atoms with Crippen molar-refractivity contribution in [1.82, 2.24) is 0 Å². The number of aryl methyl sites for hydroxylation is 2. The number of halogens is 1. The van der Waals surface area contributed by atoms with E-state index in [0.717, 1.165) is 16.9 Å². The van der Waals surface area contributed by atoms with Gasteiger partial charge in [0.2, 0.25) is 0 Å². The quantitative estimate of drug-likeness (QED) is 0.610. The van der Waals surface area contributed by atoms with Gasteiger partial charge in [-0.25, -0.2) is 0 Å². The maximum atomic E-state index is 5.37. The summed E-state index contributed by atoms with van der Waals surface area (Å²) in [5, 5.41) is 0. The van der Waals surface area contributed by atoms with Crippen LogP contribution in [0.25, 0.3) is 0 Å². The van der Waals surface area contributed by atoms with Gasteiger partial charge < -0.3 is 9.64 Å². The van der Waals surface area contributed by atoms with Gasteiger partial charge in [-0.2, -0.15) is 0 Å². The van der Waals surface area contributed by atoms with Crippen LogP contribution in [0.2, 0.25) is 0 Å². The predicted molar refractivity (Wildman–Crippen MR) is 64.7 cm³/mol. The second-order valence-electron chi connectivity index (χ2n) is 3.45. The first-order chi connectivity index (χ1) is 6.60. The first-order valence-corrected chi connectivity index (χ1v) is 5.64. The smallest absolute Gasteiger partial charge is 0.142 e. The maximum Gasteiger partial charge on any atom is 0.142 e. The molecule has 0 unspecified atom stereocenters. The average molecular weight is 258 g/mol. The molecule has 78 valence electrons. The fourth-order valence-electron chi connectivity index (χ4n) is 1.63. The zero-order valence-electron chi connectivity index (χ0n) is 9.10. The highest BCUT2D eigenvalue weighted by molar-refractivity contribution is 9.09. The molecule has 0 bridgehead atoms. The van der Waals surface area contributed by atoms with Crippen LogP contribution in [-0.4, -0.2) is 19.6 Å². The van der Waals surface area contributed by atoms with E-state index < -0.39 is 0 Å². The van der Waals surface area contributed by atoms with Gasteiger partial charge in [0.1, 0.15) is 5.75 Å². The molecule has 0 aromatic heterocycles. The summed E-state index contributed by atoms with van der Waals surface area (Å²) < 4.78 is 5.37. The number of nitrogens with zero attached hydrogens (tertiary/aromatic N) is 1. The molecule has 0 atom stereocenters. The predicted octanol–water partition coefficient (Wildman–Crippen LogP) is 3.10. The molecule has 0 N–H and O–H groups in total. The zero-order chi connectivity index (χ0) is 10.7. The maximum absolute atomic E-state index is 5.37. The molecule has 0 amide bonds. The largest absolute Gasteiger partial charge is 0.495 e. The Bertz CT molecular complexity index is 325. The van der Waals surface area contributed by atoms with E-state index in [9.17, 15) is 0 Å². The molecule has 0 saturated carbocycles. The van der Waals surface area contributed by atoms with Gasteiger partial charge in [0, 0.05) is 7.05 Å². The molecule has 1 aromatic rings. The Morgan fingerprint density at radius 2 is 2.00 bits per heavy atom. The molecule has 1 aromatic carbocycles. The summed E-state index contributed by atoms with van der Waals surface area (Å²) in [4.78, 5) is 2.12. The number of methoxy groups -OCH3 is 1. The van der Waals surface area contributed by atoms with Crippen LogP contribution in [0.1, 0.15) is 11.1 Å². The number of anilines is 1. The van der Waals surface area contributed by atoms with Crippen LogP contribution >= 0.6 is 15.9 Å². The lowest BCUT2D eigenvalue weighted by Crippen LogP contribution is -2.16. The fraction of sp³-hybridized carbons (Fsp3) is 0.455. The molecule has 0 aliphatic rings. The number of rotatable bonds is 3. The fourth-order valence-corrected chi connectivity index (χ4v) is 1.88. The van der Waals surface area contributed by atoms with Crippen LogP contribution in [0.5, 0.6) is 5.75 Å². The Morgan fingerprint density at radius 3 is 2.50 bits per heavy atom. The lowest BCUT2D eigenvalue weighted by Gasteiger charge is -2.21. The Morgan fingerprint density at radius 1 is 1.36 bits per heavy atom. The highest BCUT2D eigenvalue weighted by atomic mass is 79.9. The summed E-state index contributed by atoms with van der Waals surface area (Å²) in [6.07, 6.45) is 0. The topological polar surface area (TPSA) is 12.5 Å². The first kappa shape index (κ1) is 11.4. The monoisotopic (exact) mass is 257 g/mol. The van der Waals surface area contributed by atoms with Crippen LogP contribution in [0.3, 0.4) is 0 Å². The lowest BCUT2D eigenvalue weighted by molar-refractivity contribution is 0.414. The molecule has 0 fully saturated rings. The molecule has 1 rings (SSSR count). The summed E-state index contributed by atoms with van der Waals surface area (Å²) in [5.74, 6) is 0.935. The van der Waals surface area contributed by atoms with Crippen LogP contribution in [0.15, 0.2) is 12.1 Å². The number of alkyl halides is 1. The normalized spacial score (nSPS) is 10.1. The van der Waals surface area contributed by atoms with E-state index in [1.54, 1.807) is 7.11 Å². The Kier molecular flexibility index (Phi) is 3.81. The third kappa shape index (κ3) is 2.21. The van der Waals surface area contributed by atoms with E-state index in [2.05, 4.69) is 46.8 Å². The van der Waals surface area contributed by atoms with Gasteiger partial charge in [-0.15, -0.1) is 0 Å². The van der Waals surface area contributed by atoms with Crippen molar-refractivity contribution in [3.63, 3.8) is 0 Å². The summed E-state index contributed by atoms with van der Waals surface area (Å²) >= 11 is 3.44. The van der Waals surface area contributed by atoms with Crippen molar-refractivity contribution in [1.29, 1.82) is 0 Å². The van der Waals surface area contributed by atoms with E-state index in [-0.39, 0.29) is 0 Å². The van der Waals surface area contributed by atoms with Gasteiger partial charge in [-0.3, -0.25) is 0 Å². The molecule has 0 aliphatic carbocycles. The average Bonchev–Trinajstić information content (AvgIpc) is 2.15. The standard InChI is InChI=1S/C11H16BrNO/c1-8-5-9(2)11(13(3)7-12)10(6-8)14-4/h5-6H,7H2,1-4H3. The van der Waals surface area contributed by atoms with Gasteiger partial charge in [0.25, 0.3) is 0 Å². The van der Waals surface area contributed by atoms with Crippen LogP contribution in [0.4, 0.5) is 5.69 Å². The third-order valence-corrected chi connectivity index (χ3v) is 2.94. The molecule has 14 heavy (non-hydrogen) atoms. The summed E-state index contributed by atoms with van der Waals surface area (Å²) in [5.41, 5.74) is 4.41. The SMILES string of the molecule is COc1cc(C)cc(C)c1N(C)CBr. The number of ether oxygens (including phenoxy) is 1. The highest BCUT2D eigenvalue weighted by Crippen LogP contribution is 2.32. The zero-order valence-corrected chi connectivity index (χ0v) is 10.7. The molecular weight excluding hydrogens is 242 g/mol. The number of benzene rings is 1. The van der Waals surface area contributed by atoms with Crippen molar-refractivity contribution in [3.05, 3.63) is 23.3 Å². The van der Waals surface area contributed by atoms with Crippen molar-refractivity contribution >= 4 is 21.6 Å². The summed E-state index contributed by atoms with van der Waals surface area (Å²) in [6.45, 7) is 4.18. The highest BCUT2D eigenvalue weighted by Gasteiger charge is 2.10. The Balaban J connectivity index is 3.24. The van der Waals surface area contributed by atoms with E-state index in [1.807, 2.05) is 7.05 Å². The minimum atomic E-state index is 0.799. The van der Waals surface area contributed by atoms with Crippen molar-refractivity contribution < 1.29 is 4.74 Å². The molecule has 0 radical (unpaired) electrons. The molecule has 0 heterocycles. The van der Waals surface area contributed by atoms with Gasteiger partial charge in [0.15, 0.2) is 0 Å². The third-order valence-electron chi connectivity index (χ3n) is 2.19. The lowest BCUT2D eigenvalue weighted by atomic mass is 10.1. The van der Waals surface area contributed by atoms with Crippen molar-refractivity contribution in [2.45, 2.75) is 13.8 Å². The van der Waals surface area contributed by atoms with Crippen molar-refractivity contribution in [2.75, 3.05) is 24.5 Å². The van der Waals surface area contributed by atoms with Crippen LogP contribution < -0.4 is 9.64 Å². The van der Waals surface area contributed by atoms with Gasteiger partial charge in [0.05, 0.1) is 18.3 Å². The molecule has 0 saturated heterocycles. The van der Waals surface area contributed by atoms with E-state index >= 15 is 0 Å². The minimum absolute atomic E-state index is 0.799. The van der Waals surface area contributed by atoms with E-state index in [1.165, 1.54) is 11.1 Å². The number of hydrogen-bond donors (Lipinski definition) is 0. The van der Waals surface area contributed by atoms with Gasteiger partial charge in [-0.1, -0.05) is 22.0 Å². The van der Waals surface area contributed by atoms with Crippen molar-refractivity contribution in [2.24, 2.45) is 0 Å². The Hall–Kier alpha value is -0.700. The van der Waals surface area contributed by atoms with E-state index in [4.69, 9.17) is 4.74 Å². The second kappa shape index (κ2) is 4.69. The minimum Gasteiger partial charge on any atom is -0.495 e. The summed E-state index contributed by atoms with van der Waals surface area (Å²) in [6, 6.07) is 4.22. The summed E-state index contributed by atoms with van der Waals surface area (Å²) in [7, 11) is 3.74. The second-order valence-corrected chi connectivity index (χ2v) is 3.95. The Labute approximate surface area is 94.0 Å².